The zero-order valence-corrected chi connectivity index (χ0v) is 8.62. The van der Waals surface area contributed by atoms with Crippen molar-refractivity contribution < 1.29 is 0 Å². The van der Waals surface area contributed by atoms with E-state index in [1.54, 1.807) is 13.0 Å². The largest absolute Gasteiger partial charge is 0.262 e. The Bertz CT molecular complexity index is 514. The van der Waals surface area contributed by atoms with E-state index >= 15 is 0 Å². The average Bonchev–Trinajstić information content (AvgIpc) is 2.65. The van der Waals surface area contributed by atoms with Crippen LogP contribution in [0.4, 0.5) is 0 Å². The van der Waals surface area contributed by atoms with Crippen LogP contribution in [0.25, 0.3) is 0 Å². The van der Waals surface area contributed by atoms with Crippen LogP contribution in [0.2, 0.25) is 0 Å². The van der Waals surface area contributed by atoms with Crippen LogP contribution in [0.15, 0.2) is 22.4 Å². The first-order chi connectivity index (χ1) is 7.29. The topological polar surface area (TPSA) is 91.1 Å². The molecule has 6 nitrogen and oxygen atoms in total. The van der Waals surface area contributed by atoms with Gasteiger partial charge in [-0.05, 0) is 24.8 Å². The van der Waals surface area contributed by atoms with E-state index < -0.39 is 0 Å². The summed E-state index contributed by atoms with van der Waals surface area (Å²) in [7, 11) is 0. The predicted octanol–water partition coefficient (Wildman–Crippen LogP) is 0.926. The molecule has 1 N–H and O–H groups in total. The molecule has 0 saturated heterocycles. The van der Waals surface area contributed by atoms with Gasteiger partial charge in [0.15, 0.2) is 0 Å². The monoisotopic (exact) mass is 218 g/mol. The zero-order chi connectivity index (χ0) is 10.7. The summed E-state index contributed by atoms with van der Waals surface area (Å²) in [5.41, 5.74) is 0.470. The highest BCUT2D eigenvalue weighted by molar-refractivity contribution is 7.99. The quantitative estimate of drug-likeness (QED) is 0.806. The van der Waals surface area contributed by atoms with Gasteiger partial charge in [-0.25, -0.2) is 4.98 Å². The van der Waals surface area contributed by atoms with Gasteiger partial charge < -0.3 is 0 Å². The molecule has 2 aromatic rings. The predicted molar refractivity (Wildman–Crippen MR) is 52.0 cm³/mol. The number of aromatic amines is 1. The first kappa shape index (κ1) is 9.61. The van der Waals surface area contributed by atoms with E-state index in [2.05, 4.69) is 25.4 Å². The van der Waals surface area contributed by atoms with E-state index in [-0.39, 0.29) is 0 Å². The van der Waals surface area contributed by atoms with Gasteiger partial charge in [0.25, 0.3) is 0 Å². The highest BCUT2D eigenvalue weighted by atomic mass is 32.2. The van der Waals surface area contributed by atoms with Crippen LogP contribution in [0.3, 0.4) is 0 Å². The molecule has 0 atom stereocenters. The molecule has 0 unspecified atom stereocenters. The molecule has 0 amide bonds. The molecule has 0 aliphatic heterocycles. The number of hydrogen-bond acceptors (Lipinski definition) is 6. The van der Waals surface area contributed by atoms with Crippen molar-refractivity contribution in [1.82, 2.24) is 25.4 Å². The van der Waals surface area contributed by atoms with Crippen molar-refractivity contribution in [3.05, 3.63) is 23.7 Å². The van der Waals surface area contributed by atoms with Gasteiger partial charge in [-0.2, -0.15) is 10.4 Å². The van der Waals surface area contributed by atoms with Gasteiger partial charge in [0.2, 0.25) is 5.16 Å². The maximum atomic E-state index is 8.82. The van der Waals surface area contributed by atoms with Crippen LogP contribution >= 0.6 is 11.8 Å². The molecule has 0 aliphatic carbocycles. The third kappa shape index (κ3) is 2.11. The Morgan fingerprint density at radius 2 is 2.40 bits per heavy atom. The Balaban J connectivity index is 2.28. The number of nitrogens with zero attached hydrogens (tertiary/aromatic N) is 5. The summed E-state index contributed by atoms with van der Waals surface area (Å²) < 4.78 is 0. The fourth-order valence-electron chi connectivity index (χ4n) is 0.934. The van der Waals surface area contributed by atoms with Gasteiger partial charge in [0, 0.05) is 0 Å². The molecule has 2 aromatic heterocycles. The van der Waals surface area contributed by atoms with Crippen molar-refractivity contribution in [1.29, 1.82) is 5.26 Å². The van der Waals surface area contributed by atoms with Crippen molar-refractivity contribution >= 4 is 11.8 Å². The summed E-state index contributed by atoms with van der Waals surface area (Å²) in [4.78, 5) is 4.10. The molecule has 15 heavy (non-hydrogen) atoms. The van der Waals surface area contributed by atoms with Crippen LogP contribution < -0.4 is 0 Å². The van der Waals surface area contributed by atoms with Crippen LogP contribution in [0.1, 0.15) is 11.4 Å². The van der Waals surface area contributed by atoms with E-state index in [1.165, 1.54) is 18.0 Å². The van der Waals surface area contributed by atoms with E-state index in [0.29, 0.717) is 15.7 Å². The Morgan fingerprint density at radius 1 is 1.53 bits per heavy atom. The molecule has 0 spiro atoms. The maximum Gasteiger partial charge on any atom is 0.214 e. The number of aryl methyl sites for hydroxylation is 1. The molecular formula is C8H6N6S. The normalized spacial score (nSPS) is 9.87. The first-order valence-electron chi connectivity index (χ1n) is 4.08. The highest BCUT2D eigenvalue weighted by Crippen LogP contribution is 2.24. The average molecular weight is 218 g/mol. The van der Waals surface area contributed by atoms with E-state index in [0.717, 1.165) is 5.82 Å². The van der Waals surface area contributed by atoms with Gasteiger partial charge in [0.1, 0.15) is 16.9 Å². The zero-order valence-electron chi connectivity index (χ0n) is 7.80. The van der Waals surface area contributed by atoms with Crippen molar-refractivity contribution in [2.75, 3.05) is 0 Å². The Morgan fingerprint density at radius 3 is 3.07 bits per heavy atom. The lowest BCUT2D eigenvalue weighted by atomic mass is 10.3. The van der Waals surface area contributed by atoms with Crippen LogP contribution in [-0.4, -0.2) is 25.4 Å². The Labute approximate surface area is 89.8 Å². The van der Waals surface area contributed by atoms with Gasteiger partial charge >= 0.3 is 0 Å². The van der Waals surface area contributed by atoms with E-state index in [1.807, 2.05) is 6.07 Å². The Hall–Kier alpha value is -1.94. The molecule has 0 saturated carbocycles. The van der Waals surface area contributed by atoms with Crippen molar-refractivity contribution in [3.8, 4) is 6.07 Å². The molecule has 74 valence electrons. The molecule has 0 radical (unpaired) electrons. The number of nitriles is 1. The van der Waals surface area contributed by atoms with E-state index in [4.69, 9.17) is 5.26 Å². The summed E-state index contributed by atoms with van der Waals surface area (Å²) in [5.74, 6) is 0.722. The summed E-state index contributed by atoms with van der Waals surface area (Å²) >= 11 is 1.21. The second-order valence-electron chi connectivity index (χ2n) is 2.67. The molecule has 0 aromatic carbocycles. The molecule has 7 heteroatoms. The first-order valence-corrected chi connectivity index (χ1v) is 4.90. The third-order valence-corrected chi connectivity index (χ3v) is 2.43. The summed E-state index contributed by atoms with van der Waals surface area (Å²) in [6.45, 7) is 1.80. The second kappa shape index (κ2) is 4.06. The number of aromatic nitrogens is 5. The van der Waals surface area contributed by atoms with Crippen molar-refractivity contribution in [3.63, 3.8) is 0 Å². The molecular weight excluding hydrogens is 212 g/mol. The molecule has 0 bridgehead atoms. The molecule has 0 fully saturated rings. The van der Waals surface area contributed by atoms with Crippen molar-refractivity contribution in [2.45, 2.75) is 17.1 Å². The fourth-order valence-corrected chi connectivity index (χ4v) is 1.69. The van der Waals surface area contributed by atoms with Gasteiger partial charge in [-0.15, -0.1) is 10.2 Å². The standard InChI is InChI=1S/C8H6N6S/c1-5-11-8(14-12-5)15-7-6(4-9)2-3-10-13-7/h2-3H,1H3,(H,11,12,14). The highest BCUT2D eigenvalue weighted by Gasteiger charge is 2.08. The van der Waals surface area contributed by atoms with Crippen LogP contribution in [-0.2, 0) is 0 Å². The lowest BCUT2D eigenvalue weighted by Crippen LogP contribution is -1.89. The SMILES string of the molecule is Cc1nc(Sc2nnccc2C#N)n[nH]1. The van der Waals surface area contributed by atoms with E-state index in [9.17, 15) is 0 Å². The maximum absolute atomic E-state index is 8.82. The van der Waals surface area contributed by atoms with Gasteiger partial charge in [-0.3, -0.25) is 5.10 Å². The van der Waals surface area contributed by atoms with Crippen LogP contribution in [0, 0.1) is 18.3 Å². The fraction of sp³-hybridized carbons (Fsp3) is 0.125. The van der Waals surface area contributed by atoms with Gasteiger partial charge in [-0.1, -0.05) is 0 Å². The molecule has 0 aliphatic rings. The number of nitrogens with one attached hydrogen (secondary N) is 1. The number of H-pyrrole nitrogens is 1. The minimum absolute atomic E-state index is 0.470. The summed E-state index contributed by atoms with van der Waals surface area (Å²) in [6, 6.07) is 3.64. The number of rotatable bonds is 2. The second-order valence-corrected chi connectivity index (χ2v) is 3.62. The third-order valence-electron chi connectivity index (χ3n) is 1.57. The Kier molecular flexibility index (Phi) is 2.60. The minimum atomic E-state index is 0.470. The summed E-state index contributed by atoms with van der Waals surface area (Å²) in [5, 5.41) is 24.1. The lowest BCUT2D eigenvalue weighted by Gasteiger charge is -1.95. The van der Waals surface area contributed by atoms with Crippen LogP contribution in [0.5, 0.6) is 0 Å². The number of hydrogen-bond donors (Lipinski definition) is 1. The minimum Gasteiger partial charge on any atom is -0.262 e. The smallest absolute Gasteiger partial charge is 0.214 e. The summed E-state index contributed by atoms with van der Waals surface area (Å²) in [6.07, 6.45) is 1.48. The lowest BCUT2D eigenvalue weighted by molar-refractivity contribution is 0.907. The van der Waals surface area contributed by atoms with Gasteiger partial charge in [0.05, 0.1) is 11.8 Å². The molecule has 2 heterocycles. The van der Waals surface area contributed by atoms with Crippen molar-refractivity contribution in [2.24, 2.45) is 0 Å². The molecule has 2 rings (SSSR count).